The maximum absolute atomic E-state index is 11.4. The molecule has 0 aromatic heterocycles. The van der Waals surface area contributed by atoms with Crippen LogP contribution in [0, 0.1) is 0 Å². The summed E-state index contributed by atoms with van der Waals surface area (Å²) in [6.45, 7) is 2.05. The fourth-order valence-corrected chi connectivity index (χ4v) is 3.14. The Kier molecular flexibility index (Phi) is 13.3. The van der Waals surface area contributed by atoms with Gasteiger partial charge in [-0.3, -0.25) is 14.4 Å². The Bertz CT molecular complexity index is 407. The molecular weight excluding hydrogens is 342 g/mol. The van der Waals surface area contributed by atoms with E-state index in [0.717, 1.165) is 5.75 Å². The average Bonchev–Trinajstić information content (AvgIpc) is 2.51. The highest BCUT2D eigenvalue weighted by Gasteiger charge is 2.08. The quantitative estimate of drug-likeness (QED) is 0.276. The summed E-state index contributed by atoms with van der Waals surface area (Å²) < 4.78 is 0. The van der Waals surface area contributed by atoms with Gasteiger partial charge in [-0.05, 0) is 6.42 Å². The molecule has 0 saturated heterocycles. The fraction of sp³-hybridized carbons (Fsp3) is 0.692. The Morgan fingerprint density at radius 1 is 0.957 bits per heavy atom. The first kappa shape index (κ1) is 21.6. The summed E-state index contributed by atoms with van der Waals surface area (Å²) in [5, 5.41) is 5.12. The van der Waals surface area contributed by atoms with E-state index in [4.69, 9.17) is 0 Å². The Morgan fingerprint density at radius 3 is 2.26 bits per heavy atom. The maximum Gasteiger partial charge on any atom is 0.333 e. The lowest BCUT2D eigenvalue weighted by Crippen LogP contribution is -2.27. The topological polar surface area (TPSA) is 114 Å². The minimum absolute atomic E-state index is 0.0646. The van der Waals surface area contributed by atoms with E-state index in [1.165, 1.54) is 24.8 Å². The number of carbonyl (C=O) groups excluding carboxylic acids is 4. The van der Waals surface area contributed by atoms with Crippen molar-refractivity contribution in [2.24, 2.45) is 0 Å². The molecule has 0 radical (unpaired) electrons. The molecular formula is C13H23N3O5S2. The van der Waals surface area contributed by atoms with Gasteiger partial charge in [0.1, 0.15) is 0 Å². The van der Waals surface area contributed by atoms with Crippen LogP contribution < -0.4 is 16.1 Å². The molecule has 0 aliphatic carbocycles. The first-order valence-electron chi connectivity index (χ1n) is 7.13. The van der Waals surface area contributed by atoms with Gasteiger partial charge in [0, 0.05) is 44.9 Å². The van der Waals surface area contributed by atoms with Gasteiger partial charge >= 0.3 is 5.97 Å². The molecule has 0 aliphatic rings. The van der Waals surface area contributed by atoms with E-state index < -0.39 is 11.9 Å². The van der Waals surface area contributed by atoms with Crippen molar-refractivity contribution in [3.63, 3.8) is 0 Å². The van der Waals surface area contributed by atoms with Crippen LogP contribution in [0.25, 0.3) is 0 Å². The average molecular weight is 365 g/mol. The normalized spacial score (nSPS) is 9.83. The van der Waals surface area contributed by atoms with Gasteiger partial charge in [-0.1, -0.05) is 21.6 Å². The van der Waals surface area contributed by atoms with Gasteiger partial charge in [0.2, 0.25) is 11.8 Å². The lowest BCUT2D eigenvalue weighted by Gasteiger charge is -2.05. The largest absolute Gasteiger partial charge is 0.359 e. The van der Waals surface area contributed by atoms with Crippen molar-refractivity contribution in [3.8, 4) is 0 Å². The van der Waals surface area contributed by atoms with Gasteiger partial charge in [0.25, 0.3) is 5.91 Å². The highest BCUT2D eigenvalue weighted by molar-refractivity contribution is 8.76. The smallest absolute Gasteiger partial charge is 0.333 e. The Hall–Kier alpha value is -1.42. The van der Waals surface area contributed by atoms with Crippen LogP contribution in [0.2, 0.25) is 0 Å². The van der Waals surface area contributed by atoms with E-state index in [-0.39, 0.29) is 31.1 Å². The Labute approximate surface area is 143 Å². The number of rotatable bonds is 11. The van der Waals surface area contributed by atoms with Crippen molar-refractivity contribution in [2.45, 2.75) is 32.6 Å². The van der Waals surface area contributed by atoms with E-state index in [2.05, 4.69) is 21.0 Å². The van der Waals surface area contributed by atoms with Crippen molar-refractivity contribution < 1.29 is 24.0 Å². The molecule has 10 heteroatoms. The molecule has 132 valence electrons. The summed E-state index contributed by atoms with van der Waals surface area (Å²) in [4.78, 5) is 48.9. The van der Waals surface area contributed by atoms with Crippen LogP contribution in [0.3, 0.4) is 0 Å². The van der Waals surface area contributed by atoms with Crippen LogP contribution in [-0.2, 0) is 24.0 Å². The predicted molar refractivity (Wildman–Crippen MR) is 90.4 cm³/mol. The van der Waals surface area contributed by atoms with Crippen LogP contribution in [-0.4, -0.2) is 48.8 Å². The van der Waals surface area contributed by atoms with Crippen molar-refractivity contribution in [1.29, 1.82) is 0 Å². The van der Waals surface area contributed by atoms with Crippen LogP contribution in [0.4, 0.5) is 0 Å². The van der Waals surface area contributed by atoms with E-state index in [9.17, 15) is 19.2 Å². The number of hydroxylamine groups is 1. The lowest BCUT2D eigenvalue weighted by atomic mass is 10.2. The molecule has 0 spiro atoms. The molecule has 0 heterocycles. The van der Waals surface area contributed by atoms with Gasteiger partial charge in [-0.15, -0.1) is 0 Å². The molecule has 3 amide bonds. The molecule has 3 N–H and O–H groups in total. The zero-order valence-corrected chi connectivity index (χ0v) is 14.9. The summed E-state index contributed by atoms with van der Waals surface area (Å²) in [5.74, 6) is 0.157. The van der Waals surface area contributed by atoms with E-state index in [1.807, 2.05) is 0 Å². The molecule has 0 bridgehead atoms. The predicted octanol–water partition coefficient (Wildman–Crippen LogP) is 0.385. The SMILES string of the molecule is CNC(=O)CCCC(=O)NOC(=O)CCSSCCNC(C)=O. The van der Waals surface area contributed by atoms with Gasteiger partial charge in [0.15, 0.2) is 0 Å². The zero-order valence-electron chi connectivity index (χ0n) is 13.3. The minimum atomic E-state index is -0.514. The summed E-state index contributed by atoms with van der Waals surface area (Å²) >= 11 is 0. The minimum Gasteiger partial charge on any atom is -0.359 e. The zero-order chi connectivity index (χ0) is 17.5. The molecule has 0 aromatic rings. The number of nitrogens with one attached hydrogen (secondary N) is 3. The van der Waals surface area contributed by atoms with Crippen molar-refractivity contribution in [1.82, 2.24) is 16.1 Å². The molecule has 0 saturated carbocycles. The molecule has 0 fully saturated rings. The van der Waals surface area contributed by atoms with Crippen LogP contribution in [0.5, 0.6) is 0 Å². The third-order valence-electron chi connectivity index (χ3n) is 2.40. The summed E-state index contributed by atoms with van der Waals surface area (Å²) in [6.07, 6.45) is 0.943. The highest BCUT2D eigenvalue weighted by Crippen LogP contribution is 2.21. The maximum atomic E-state index is 11.4. The first-order chi connectivity index (χ1) is 11.0. The standard InChI is InChI=1S/C13H23N3O5S2/c1-10(17)15-7-9-23-22-8-6-13(20)21-16-12(19)5-3-4-11(18)14-2/h3-9H2,1-2H3,(H,14,18)(H,15,17)(H,16,19). The number of hydrogen-bond donors (Lipinski definition) is 3. The summed E-state index contributed by atoms with van der Waals surface area (Å²) in [6, 6.07) is 0. The lowest BCUT2D eigenvalue weighted by molar-refractivity contribution is -0.157. The summed E-state index contributed by atoms with van der Waals surface area (Å²) in [5.41, 5.74) is 2.06. The van der Waals surface area contributed by atoms with Crippen molar-refractivity contribution in [3.05, 3.63) is 0 Å². The highest BCUT2D eigenvalue weighted by atomic mass is 33.1. The van der Waals surface area contributed by atoms with Crippen molar-refractivity contribution in [2.75, 3.05) is 25.1 Å². The molecule has 0 unspecified atom stereocenters. The molecule has 23 heavy (non-hydrogen) atoms. The van der Waals surface area contributed by atoms with Gasteiger partial charge in [0.05, 0.1) is 6.42 Å². The molecule has 0 rings (SSSR count). The van der Waals surface area contributed by atoms with Crippen LogP contribution in [0.1, 0.15) is 32.6 Å². The van der Waals surface area contributed by atoms with Crippen LogP contribution >= 0.6 is 21.6 Å². The van der Waals surface area contributed by atoms with E-state index in [1.54, 1.807) is 10.8 Å². The van der Waals surface area contributed by atoms with Crippen LogP contribution in [0.15, 0.2) is 0 Å². The molecule has 8 nitrogen and oxygen atoms in total. The number of amides is 3. The molecule has 0 aliphatic heterocycles. The van der Waals surface area contributed by atoms with Gasteiger partial charge in [-0.2, -0.15) is 5.48 Å². The third-order valence-corrected chi connectivity index (χ3v) is 4.81. The Morgan fingerprint density at radius 2 is 1.61 bits per heavy atom. The molecule has 0 atom stereocenters. The fourth-order valence-electron chi connectivity index (χ4n) is 1.26. The third kappa shape index (κ3) is 15.3. The summed E-state index contributed by atoms with van der Waals surface area (Å²) in [7, 11) is 4.57. The first-order valence-corrected chi connectivity index (χ1v) is 9.62. The number of hydrogen-bond acceptors (Lipinski definition) is 7. The van der Waals surface area contributed by atoms with Gasteiger partial charge < -0.3 is 15.5 Å². The second-order valence-corrected chi connectivity index (χ2v) is 7.11. The van der Waals surface area contributed by atoms with E-state index >= 15 is 0 Å². The van der Waals surface area contributed by atoms with Crippen molar-refractivity contribution >= 4 is 45.3 Å². The van der Waals surface area contributed by atoms with Gasteiger partial charge in [-0.25, -0.2) is 4.79 Å². The number of carbonyl (C=O) groups is 4. The van der Waals surface area contributed by atoms with E-state index in [0.29, 0.717) is 18.7 Å². The second kappa shape index (κ2) is 14.2. The second-order valence-electron chi connectivity index (χ2n) is 4.40. The monoisotopic (exact) mass is 365 g/mol. The molecule has 0 aromatic carbocycles. The Balaban J connectivity index is 3.47.